The fourth-order valence-electron chi connectivity index (χ4n) is 3.42. The van der Waals surface area contributed by atoms with Crippen molar-refractivity contribution in [3.8, 4) is 0 Å². The Balaban J connectivity index is 1.68. The highest BCUT2D eigenvalue weighted by molar-refractivity contribution is 6.08. The van der Waals surface area contributed by atoms with Crippen LogP contribution in [0.25, 0.3) is 17.0 Å². The molecule has 4 rings (SSSR count). The zero-order valence-electron chi connectivity index (χ0n) is 14.0. The number of carbonyl (C=O) groups is 1. The van der Waals surface area contributed by atoms with E-state index >= 15 is 0 Å². The summed E-state index contributed by atoms with van der Waals surface area (Å²) in [6.07, 6.45) is 7.72. The normalized spacial score (nSPS) is 13.8. The highest BCUT2D eigenvalue weighted by Gasteiger charge is 2.18. The average molecular weight is 328 g/mol. The van der Waals surface area contributed by atoms with Crippen molar-refractivity contribution in [3.05, 3.63) is 77.5 Å². The molecule has 1 N–H and O–H groups in total. The van der Waals surface area contributed by atoms with E-state index in [1.807, 2.05) is 60.7 Å². The summed E-state index contributed by atoms with van der Waals surface area (Å²) in [6.45, 7) is 0. The first-order chi connectivity index (χ1) is 12.3. The highest BCUT2D eigenvalue weighted by atomic mass is 16.1. The minimum absolute atomic E-state index is 0.104. The Morgan fingerprint density at radius 2 is 1.72 bits per heavy atom. The molecule has 0 saturated heterocycles. The van der Waals surface area contributed by atoms with E-state index in [1.165, 1.54) is 12.0 Å². The van der Waals surface area contributed by atoms with Gasteiger partial charge in [0.1, 0.15) is 0 Å². The highest BCUT2D eigenvalue weighted by Crippen LogP contribution is 2.33. The van der Waals surface area contributed by atoms with E-state index in [2.05, 4.69) is 5.32 Å². The maximum atomic E-state index is 12.5. The number of anilines is 1. The van der Waals surface area contributed by atoms with Gasteiger partial charge in [0, 0.05) is 17.2 Å². The van der Waals surface area contributed by atoms with Crippen LogP contribution in [0.1, 0.15) is 29.7 Å². The van der Waals surface area contributed by atoms with Gasteiger partial charge >= 0.3 is 0 Å². The third-order valence-electron chi connectivity index (χ3n) is 4.64. The monoisotopic (exact) mass is 328 g/mol. The molecule has 1 aromatic heterocycles. The van der Waals surface area contributed by atoms with Crippen molar-refractivity contribution in [1.29, 1.82) is 0 Å². The molecule has 3 aromatic rings. The Kier molecular flexibility index (Phi) is 4.30. The average Bonchev–Trinajstić information content (AvgIpc) is 2.67. The second kappa shape index (κ2) is 6.89. The molecule has 0 aliphatic heterocycles. The molecule has 1 heterocycles. The van der Waals surface area contributed by atoms with Gasteiger partial charge in [-0.2, -0.15) is 0 Å². The summed E-state index contributed by atoms with van der Waals surface area (Å²) in [4.78, 5) is 17.3. The Morgan fingerprint density at radius 1 is 0.960 bits per heavy atom. The minimum atomic E-state index is -0.104. The Labute approximate surface area is 147 Å². The number of rotatable bonds is 3. The van der Waals surface area contributed by atoms with Gasteiger partial charge in [0.2, 0.25) is 5.91 Å². The molecule has 3 heteroatoms. The van der Waals surface area contributed by atoms with Crippen LogP contribution in [0.2, 0.25) is 0 Å². The number of fused-ring (bicyclic) bond motifs is 2. The van der Waals surface area contributed by atoms with E-state index < -0.39 is 0 Å². The summed E-state index contributed by atoms with van der Waals surface area (Å²) in [7, 11) is 0. The third kappa shape index (κ3) is 3.31. The van der Waals surface area contributed by atoms with Crippen LogP contribution in [0.5, 0.6) is 0 Å². The van der Waals surface area contributed by atoms with Gasteiger partial charge in [-0.1, -0.05) is 48.5 Å². The molecule has 3 nitrogen and oxygen atoms in total. The fraction of sp³-hybridized carbons (Fsp3) is 0.182. The second-order valence-corrected chi connectivity index (χ2v) is 6.37. The van der Waals surface area contributed by atoms with Crippen LogP contribution in [0, 0.1) is 0 Å². The lowest BCUT2D eigenvalue weighted by Gasteiger charge is -2.20. The molecule has 0 fully saturated rings. The van der Waals surface area contributed by atoms with Gasteiger partial charge in [0.05, 0.1) is 11.2 Å². The number of amides is 1. The van der Waals surface area contributed by atoms with Crippen LogP contribution in [-0.2, 0) is 17.6 Å². The number of aryl methyl sites for hydroxylation is 1. The van der Waals surface area contributed by atoms with Crippen LogP contribution in [0.4, 0.5) is 5.69 Å². The molecule has 2 aromatic carbocycles. The number of pyridine rings is 1. The number of hydrogen-bond acceptors (Lipinski definition) is 2. The van der Waals surface area contributed by atoms with Crippen molar-refractivity contribution in [2.24, 2.45) is 0 Å². The number of benzene rings is 2. The Morgan fingerprint density at radius 3 is 2.60 bits per heavy atom. The van der Waals surface area contributed by atoms with Gasteiger partial charge in [-0.15, -0.1) is 0 Å². The van der Waals surface area contributed by atoms with Crippen LogP contribution in [0.3, 0.4) is 0 Å². The molecular weight excluding hydrogens is 308 g/mol. The van der Waals surface area contributed by atoms with Crippen molar-refractivity contribution in [2.45, 2.75) is 25.7 Å². The first-order valence-electron chi connectivity index (χ1n) is 8.76. The van der Waals surface area contributed by atoms with Gasteiger partial charge in [0.15, 0.2) is 0 Å². The molecule has 1 amide bonds. The van der Waals surface area contributed by atoms with Crippen molar-refractivity contribution in [3.63, 3.8) is 0 Å². The number of para-hydroxylation sites is 1. The largest absolute Gasteiger partial charge is 0.322 e. The minimum Gasteiger partial charge on any atom is -0.322 e. The number of hydrogen-bond donors (Lipinski definition) is 1. The topological polar surface area (TPSA) is 42.0 Å². The fourth-order valence-corrected chi connectivity index (χ4v) is 3.42. The number of nitrogens with zero attached hydrogens (tertiary/aromatic N) is 1. The first-order valence-corrected chi connectivity index (χ1v) is 8.76. The zero-order chi connectivity index (χ0) is 17.1. The van der Waals surface area contributed by atoms with Gasteiger partial charge in [0.25, 0.3) is 0 Å². The number of aromatic nitrogens is 1. The van der Waals surface area contributed by atoms with E-state index in [0.29, 0.717) is 0 Å². The maximum absolute atomic E-state index is 12.5. The quantitative estimate of drug-likeness (QED) is 0.704. The molecule has 0 spiro atoms. The standard InChI is InChI=1S/C22H20N2O/c25-21(15-14-16-8-2-1-3-9-16)24-22-17-10-4-6-12-19(17)23-20-13-7-5-11-18(20)22/h1-4,6,8-10,12,14-15H,5,7,11,13H2,(H,23,24,25)/b15-14+. The van der Waals surface area contributed by atoms with E-state index in [4.69, 9.17) is 4.98 Å². The smallest absolute Gasteiger partial charge is 0.248 e. The van der Waals surface area contributed by atoms with Crippen LogP contribution >= 0.6 is 0 Å². The summed E-state index contributed by atoms with van der Waals surface area (Å²) in [6, 6.07) is 17.9. The summed E-state index contributed by atoms with van der Waals surface area (Å²) in [5.74, 6) is -0.104. The van der Waals surface area contributed by atoms with E-state index in [-0.39, 0.29) is 5.91 Å². The molecule has 0 saturated carbocycles. The van der Waals surface area contributed by atoms with E-state index in [9.17, 15) is 4.79 Å². The van der Waals surface area contributed by atoms with Crippen LogP contribution in [-0.4, -0.2) is 10.9 Å². The maximum Gasteiger partial charge on any atom is 0.248 e. The lowest BCUT2D eigenvalue weighted by molar-refractivity contribution is -0.111. The van der Waals surface area contributed by atoms with E-state index in [1.54, 1.807) is 6.08 Å². The van der Waals surface area contributed by atoms with Crippen molar-refractivity contribution in [1.82, 2.24) is 4.98 Å². The molecule has 0 unspecified atom stereocenters. The Hall–Kier alpha value is -2.94. The first kappa shape index (κ1) is 15.6. The van der Waals surface area contributed by atoms with Gasteiger partial charge < -0.3 is 5.32 Å². The molecule has 0 bridgehead atoms. The molecule has 1 aliphatic rings. The van der Waals surface area contributed by atoms with Gasteiger partial charge in [-0.25, -0.2) is 0 Å². The van der Waals surface area contributed by atoms with Gasteiger partial charge in [-0.05, 0) is 49.0 Å². The number of nitrogens with one attached hydrogen (secondary N) is 1. The lowest BCUT2D eigenvalue weighted by atomic mass is 9.92. The van der Waals surface area contributed by atoms with E-state index in [0.717, 1.165) is 47.1 Å². The SMILES string of the molecule is O=C(/C=C/c1ccccc1)Nc1c2c(nc3ccccc13)CCCC2. The lowest BCUT2D eigenvalue weighted by Crippen LogP contribution is -2.15. The molecular formula is C22H20N2O. The summed E-state index contributed by atoms with van der Waals surface area (Å²) in [5.41, 5.74) is 5.23. The van der Waals surface area contributed by atoms with Crippen LogP contribution in [0.15, 0.2) is 60.7 Å². The van der Waals surface area contributed by atoms with Crippen LogP contribution < -0.4 is 5.32 Å². The van der Waals surface area contributed by atoms with Crippen molar-refractivity contribution in [2.75, 3.05) is 5.32 Å². The predicted molar refractivity (Wildman–Crippen MR) is 102 cm³/mol. The third-order valence-corrected chi connectivity index (χ3v) is 4.64. The van der Waals surface area contributed by atoms with Crippen molar-refractivity contribution < 1.29 is 4.79 Å². The molecule has 0 atom stereocenters. The summed E-state index contributed by atoms with van der Waals surface area (Å²) >= 11 is 0. The second-order valence-electron chi connectivity index (χ2n) is 6.37. The molecule has 1 aliphatic carbocycles. The molecule has 124 valence electrons. The summed E-state index contributed by atoms with van der Waals surface area (Å²) < 4.78 is 0. The Bertz CT molecular complexity index is 945. The molecule has 25 heavy (non-hydrogen) atoms. The summed E-state index contributed by atoms with van der Waals surface area (Å²) in [5, 5.41) is 4.14. The zero-order valence-corrected chi connectivity index (χ0v) is 14.0. The van der Waals surface area contributed by atoms with Crippen molar-refractivity contribution >= 4 is 28.6 Å². The number of carbonyl (C=O) groups excluding carboxylic acids is 1. The van der Waals surface area contributed by atoms with Gasteiger partial charge in [-0.3, -0.25) is 9.78 Å². The predicted octanol–water partition coefficient (Wildman–Crippen LogP) is 4.77. The molecule has 0 radical (unpaired) electrons.